The molecule has 2 aromatic heterocycles. The third-order valence-corrected chi connectivity index (χ3v) is 5.05. The Bertz CT molecular complexity index is 1040. The van der Waals surface area contributed by atoms with Gasteiger partial charge in [-0.15, -0.1) is 0 Å². The van der Waals surface area contributed by atoms with Gasteiger partial charge in [0.15, 0.2) is 0 Å². The van der Waals surface area contributed by atoms with Crippen molar-refractivity contribution in [2.45, 2.75) is 45.3 Å². The number of carbonyl (C=O) groups excluding carboxylic acids is 1. The molecule has 3 heterocycles. The molecular weight excluding hydrogens is 392 g/mol. The molecular formula is C24H28N4O3. The number of H-pyrrole nitrogens is 1. The van der Waals surface area contributed by atoms with Crippen molar-refractivity contribution in [3.63, 3.8) is 0 Å². The molecule has 31 heavy (non-hydrogen) atoms. The van der Waals surface area contributed by atoms with Crippen molar-refractivity contribution in [1.82, 2.24) is 14.9 Å². The summed E-state index contributed by atoms with van der Waals surface area (Å²) < 4.78 is 5.51. The molecule has 3 aromatic rings. The summed E-state index contributed by atoms with van der Waals surface area (Å²) in [5, 5.41) is 5.60. The largest absolute Gasteiger partial charge is 0.444 e. The normalized spacial score (nSPS) is 17.6. The number of hydrogen-bond donors (Lipinski definition) is 1. The lowest BCUT2D eigenvalue weighted by atomic mass is 10.1. The molecule has 1 aliphatic heterocycles. The molecule has 0 bridgehead atoms. The van der Waals surface area contributed by atoms with E-state index in [0.29, 0.717) is 18.8 Å². The molecule has 0 radical (unpaired) electrons. The minimum atomic E-state index is -0.520. The number of carbonyl (C=O) groups is 1. The topological polar surface area (TPSA) is 79.8 Å². The number of oxime groups is 1. The van der Waals surface area contributed by atoms with Crippen molar-refractivity contribution in [3.05, 3.63) is 66.1 Å². The molecule has 7 nitrogen and oxygen atoms in total. The van der Waals surface area contributed by atoms with E-state index < -0.39 is 5.60 Å². The van der Waals surface area contributed by atoms with Crippen molar-refractivity contribution in [1.29, 1.82) is 0 Å². The number of aromatic nitrogens is 2. The van der Waals surface area contributed by atoms with Crippen LogP contribution in [0.3, 0.4) is 0 Å². The number of nitrogens with one attached hydrogen (secondary N) is 1. The van der Waals surface area contributed by atoms with Crippen LogP contribution >= 0.6 is 0 Å². The highest BCUT2D eigenvalue weighted by atomic mass is 16.6. The van der Waals surface area contributed by atoms with Crippen molar-refractivity contribution >= 4 is 22.7 Å². The summed E-state index contributed by atoms with van der Waals surface area (Å²) in [5.74, 6) is 0. The first kappa shape index (κ1) is 20.9. The van der Waals surface area contributed by atoms with E-state index in [1.165, 1.54) is 0 Å². The monoisotopic (exact) mass is 420 g/mol. The molecule has 1 saturated heterocycles. The molecule has 0 aliphatic carbocycles. The van der Waals surface area contributed by atoms with Crippen molar-refractivity contribution < 1.29 is 14.4 Å². The summed E-state index contributed by atoms with van der Waals surface area (Å²) in [5.41, 5.74) is 2.94. The second kappa shape index (κ2) is 8.79. The molecule has 0 spiro atoms. The van der Waals surface area contributed by atoms with Crippen molar-refractivity contribution in [2.75, 3.05) is 13.1 Å². The number of nitrogens with zero attached hydrogens (tertiary/aromatic N) is 3. The maximum Gasteiger partial charge on any atom is 0.410 e. The van der Waals surface area contributed by atoms with Gasteiger partial charge in [0, 0.05) is 23.7 Å². The maximum absolute atomic E-state index is 12.4. The molecule has 4 rings (SSSR count). The number of benzene rings is 1. The summed E-state index contributed by atoms with van der Waals surface area (Å²) in [7, 11) is 0. The lowest BCUT2D eigenvalue weighted by molar-refractivity contribution is -0.0187. The Morgan fingerprint density at radius 3 is 2.77 bits per heavy atom. The Morgan fingerprint density at radius 1 is 1.23 bits per heavy atom. The summed E-state index contributed by atoms with van der Waals surface area (Å²) in [6.45, 7) is 6.73. The van der Waals surface area contributed by atoms with Gasteiger partial charge in [-0.1, -0.05) is 35.5 Å². The zero-order chi connectivity index (χ0) is 21.8. The molecule has 1 aromatic carbocycles. The molecule has 1 atom stereocenters. The lowest BCUT2D eigenvalue weighted by Crippen LogP contribution is -2.45. The van der Waals surface area contributed by atoms with Crippen LogP contribution in [0.2, 0.25) is 0 Å². The van der Waals surface area contributed by atoms with E-state index in [4.69, 9.17) is 9.57 Å². The molecule has 0 saturated carbocycles. The van der Waals surface area contributed by atoms with Crippen LogP contribution < -0.4 is 0 Å². The van der Waals surface area contributed by atoms with Gasteiger partial charge in [-0.25, -0.2) is 4.79 Å². The van der Waals surface area contributed by atoms with Crippen molar-refractivity contribution in [3.8, 4) is 0 Å². The van der Waals surface area contributed by atoms with E-state index in [9.17, 15) is 4.79 Å². The fraction of sp³-hybridized carbons (Fsp3) is 0.375. The summed E-state index contributed by atoms with van der Waals surface area (Å²) in [6, 6.07) is 13.9. The Morgan fingerprint density at radius 2 is 2.03 bits per heavy atom. The van der Waals surface area contributed by atoms with E-state index in [1.807, 2.05) is 63.2 Å². The standard InChI is InChI=1S/C24H28N4O3/c1-24(2,3)30-23(29)28-13-7-10-19(16-28)31-27-22(17-8-5-4-6-9-17)20-14-18-11-12-25-15-21(18)26-20/h4-6,8-9,11-12,14-15,19,26H,7,10,13,16H2,1-3H3/b27-22+. The van der Waals surface area contributed by atoms with Gasteiger partial charge in [0.2, 0.25) is 0 Å². The van der Waals surface area contributed by atoms with Gasteiger partial charge in [-0.3, -0.25) is 4.98 Å². The Labute approximate surface area is 182 Å². The number of ether oxygens (including phenoxy) is 1. The van der Waals surface area contributed by atoms with Gasteiger partial charge in [-0.2, -0.15) is 0 Å². The summed E-state index contributed by atoms with van der Waals surface area (Å²) >= 11 is 0. The van der Waals surface area contributed by atoms with Crippen molar-refractivity contribution in [2.24, 2.45) is 5.16 Å². The smallest absolute Gasteiger partial charge is 0.410 e. The summed E-state index contributed by atoms with van der Waals surface area (Å²) in [6.07, 6.45) is 4.74. The first-order valence-electron chi connectivity index (χ1n) is 10.6. The van der Waals surface area contributed by atoms with E-state index in [2.05, 4.69) is 15.1 Å². The van der Waals surface area contributed by atoms with E-state index in [0.717, 1.165) is 35.0 Å². The van der Waals surface area contributed by atoms with Gasteiger partial charge in [-0.05, 0) is 45.7 Å². The number of amides is 1. The Hall–Kier alpha value is -3.35. The fourth-order valence-corrected chi connectivity index (χ4v) is 3.60. The van der Waals surface area contributed by atoms with Gasteiger partial charge in [0.05, 0.1) is 24.0 Å². The zero-order valence-electron chi connectivity index (χ0n) is 18.2. The summed E-state index contributed by atoms with van der Waals surface area (Å²) in [4.78, 5) is 27.7. The van der Waals surface area contributed by atoms with E-state index >= 15 is 0 Å². The number of pyridine rings is 1. The lowest BCUT2D eigenvalue weighted by Gasteiger charge is -2.33. The van der Waals surface area contributed by atoms with Crippen LogP contribution in [0.1, 0.15) is 44.9 Å². The SMILES string of the molecule is CC(C)(C)OC(=O)N1CCCC(O/N=C(\c2ccccc2)c2cc3ccncc3[nH]2)C1. The van der Waals surface area contributed by atoms with Crippen LogP contribution in [-0.2, 0) is 9.57 Å². The average Bonchev–Trinajstić information content (AvgIpc) is 3.17. The Balaban J connectivity index is 1.55. The number of fused-ring (bicyclic) bond motifs is 1. The second-order valence-electron chi connectivity index (χ2n) is 8.75. The van der Waals surface area contributed by atoms with Crippen LogP contribution in [-0.4, -0.2) is 51.5 Å². The van der Waals surface area contributed by atoms with Crippen LogP contribution in [0.5, 0.6) is 0 Å². The molecule has 1 fully saturated rings. The highest BCUT2D eigenvalue weighted by Gasteiger charge is 2.29. The molecule has 1 aliphatic rings. The predicted molar refractivity (Wildman–Crippen MR) is 120 cm³/mol. The van der Waals surface area contributed by atoms with Gasteiger partial charge in [0.25, 0.3) is 0 Å². The van der Waals surface area contributed by atoms with Crippen LogP contribution in [0.4, 0.5) is 4.79 Å². The predicted octanol–water partition coefficient (Wildman–Crippen LogP) is 4.73. The van der Waals surface area contributed by atoms with Crippen LogP contribution in [0.15, 0.2) is 60.0 Å². The first-order chi connectivity index (χ1) is 14.9. The Kier molecular flexibility index (Phi) is 5.93. The van der Waals surface area contributed by atoms with Gasteiger partial charge >= 0.3 is 6.09 Å². The molecule has 1 N–H and O–H groups in total. The van der Waals surface area contributed by atoms with E-state index in [-0.39, 0.29) is 12.2 Å². The number of likely N-dealkylation sites (tertiary alicyclic amines) is 1. The molecule has 162 valence electrons. The van der Waals surface area contributed by atoms with Crippen LogP contribution in [0.25, 0.3) is 10.9 Å². The minimum absolute atomic E-state index is 0.189. The molecule has 1 amide bonds. The number of hydrogen-bond acceptors (Lipinski definition) is 5. The maximum atomic E-state index is 12.4. The fourth-order valence-electron chi connectivity index (χ4n) is 3.60. The second-order valence-corrected chi connectivity index (χ2v) is 8.75. The van der Waals surface area contributed by atoms with Gasteiger partial charge in [0.1, 0.15) is 17.4 Å². The van der Waals surface area contributed by atoms with Gasteiger partial charge < -0.3 is 19.5 Å². The highest BCUT2D eigenvalue weighted by molar-refractivity contribution is 6.13. The third kappa shape index (κ3) is 5.23. The molecule has 1 unspecified atom stereocenters. The first-order valence-corrected chi connectivity index (χ1v) is 10.6. The minimum Gasteiger partial charge on any atom is -0.444 e. The highest BCUT2D eigenvalue weighted by Crippen LogP contribution is 2.20. The number of aromatic amines is 1. The molecule has 7 heteroatoms. The van der Waals surface area contributed by atoms with Crippen LogP contribution in [0, 0.1) is 0 Å². The average molecular weight is 421 g/mol. The van der Waals surface area contributed by atoms with E-state index in [1.54, 1.807) is 17.3 Å². The number of rotatable bonds is 4. The quantitative estimate of drug-likeness (QED) is 0.489. The number of piperidine rings is 1. The third-order valence-electron chi connectivity index (χ3n) is 5.05. The zero-order valence-corrected chi connectivity index (χ0v) is 18.2.